The molecule has 0 saturated carbocycles. The quantitative estimate of drug-likeness (QED) is 0.246. The Morgan fingerprint density at radius 2 is 1.70 bits per heavy atom. The van der Waals surface area contributed by atoms with Crippen LogP contribution < -0.4 is 4.74 Å². The molecule has 0 spiro atoms. The number of carbonyl (C=O) groups is 1. The summed E-state index contributed by atoms with van der Waals surface area (Å²) < 4.78 is 5.40. The third kappa shape index (κ3) is 4.84. The molecule has 0 aliphatic heterocycles. The summed E-state index contributed by atoms with van der Waals surface area (Å²) in [5, 5.41) is 10.0. The average Bonchev–Trinajstić information content (AvgIpc) is 2.68. The maximum atomic E-state index is 12.2. The minimum atomic E-state index is -0.402. The van der Waals surface area contributed by atoms with E-state index in [0.29, 0.717) is 21.9 Å². The molecule has 0 saturated heterocycles. The Balaban J connectivity index is 1.75. The first-order valence-corrected chi connectivity index (χ1v) is 8.69. The number of benzene rings is 3. The summed E-state index contributed by atoms with van der Waals surface area (Å²) in [4.78, 5) is 12.2. The second-order valence-electron chi connectivity index (χ2n) is 6.00. The topological polar surface area (TPSA) is 50.1 Å². The van der Waals surface area contributed by atoms with Gasteiger partial charge in [-0.3, -0.25) is 0 Å². The number of allylic oxidation sites excluding steroid dienone is 1. The molecule has 3 aromatic rings. The number of carbonyl (C=O) groups excluding carboxylic acids is 1. The molecule has 27 heavy (non-hydrogen) atoms. The highest BCUT2D eigenvalue weighted by atomic mass is 35.5. The highest BCUT2D eigenvalue weighted by Gasteiger charge is 2.08. The van der Waals surface area contributed by atoms with Gasteiger partial charge in [-0.1, -0.05) is 53.6 Å². The first kappa shape index (κ1) is 18.4. The second kappa shape index (κ2) is 8.35. The van der Waals surface area contributed by atoms with Crippen LogP contribution in [-0.2, 0) is 0 Å². The van der Waals surface area contributed by atoms with E-state index in [4.69, 9.17) is 16.3 Å². The Morgan fingerprint density at radius 1 is 1.00 bits per heavy atom. The van der Waals surface area contributed by atoms with Crippen LogP contribution in [0.5, 0.6) is 5.75 Å². The SMILES string of the molecule is Cc1cccc(C(=O)Oc2ccc(/C=C(/C#N)c3ccc(Cl)cc3)cc2)c1. The van der Waals surface area contributed by atoms with E-state index in [9.17, 15) is 10.1 Å². The van der Waals surface area contributed by atoms with Crippen molar-refractivity contribution in [3.63, 3.8) is 0 Å². The van der Waals surface area contributed by atoms with Crippen LogP contribution in [0.4, 0.5) is 0 Å². The van der Waals surface area contributed by atoms with Crippen molar-refractivity contribution in [2.75, 3.05) is 0 Å². The molecule has 132 valence electrons. The maximum absolute atomic E-state index is 12.2. The maximum Gasteiger partial charge on any atom is 0.343 e. The number of esters is 1. The van der Waals surface area contributed by atoms with Gasteiger partial charge in [-0.05, 0) is 60.5 Å². The number of nitrogens with zero attached hydrogens (tertiary/aromatic N) is 1. The standard InChI is InChI=1S/C23H16ClNO2/c1-16-3-2-4-19(13-16)23(26)27-22-11-5-17(6-12-22)14-20(15-25)18-7-9-21(24)10-8-18/h2-14H,1H3/b20-14-. The van der Waals surface area contributed by atoms with Crippen LogP contribution in [0.25, 0.3) is 11.6 Å². The van der Waals surface area contributed by atoms with E-state index in [1.807, 2.05) is 19.1 Å². The van der Waals surface area contributed by atoms with Gasteiger partial charge >= 0.3 is 5.97 Å². The Labute approximate surface area is 163 Å². The van der Waals surface area contributed by atoms with Gasteiger partial charge in [-0.25, -0.2) is 4.79 Å². The van der Waals surface area contributed by atoms with E-state index < -0.39 is 5.97 Å². The number of ether oxygens (including phenoxy) is 1. The van der Waals surface area contributed by atoms with Gasteiger partial charge in [-0.2, -0.15) is 5.26 Å². The van der Waals surface area contributed by atoms with Gasteiger partial charge in [0.05, 0.1) is 17.2 Å². The fourth-order valence-corrected chi connectivity index (χ4v) is 2.67. The lowest BCUT2D eigenvalue weighted by atomic mass is 10.0. The van der Waals surface area contributed by atoms with Gasteiger partial charge in [0.15, 0.2) is 0 Å². The summed E-state index contributed by atoms with van der Waals surface area (Å²) >= 11 is 5.89. The normalized spacial score (nSPS) is 10.9. The molecule has 0 radical (unpaired) electrons. The molecule has 0 fully saturated rings. The molecule has 4 heteroatoms. The summed E-state index contributed by atoms with van der Waals surface area (Å²) in [6.45, 7) is 1.92. The molecule has 0 amide bonds. The van der Waals surface area contributed by atoms with E-state index in [1.54, 1.807) is 66.7 Å². The average molecular weight is 374 g/mol. The predicted molar refractivity (Wildman–Crippen MR) is 108 cm³/mol. The van der Waals surface area contributed by atoms with Crippen LogP contribution in [0.1, 0.15) is 27.0 Å². The van der Waals surface area contributed by atoms with Crippen molar-refractivity contribution in [2.24, 2.45) is 0 Å². The van der Waals surface area contributed by atoms with Crippen LogP contribution in [0.3, 0.4) is 0 Å². The molecule has 0 bridgehead atoms. The largest absolute Gasteiger partial charge is 0.423 e. The van der Waals surface area contributed by atoms with Crippen LogP contribution in [0.15, 0.2) is 72.8 Å². The number of hydrogen-bond donors (Lipinski definition) is 0. The molecule has 0 atom stereocenters. The summed E-state index contributed by atoms with van der Waals surface area (Å²) in [6, 6.07) is 23.5. The van der Waals surface area contributed by atoms with Gasteiger partial charge < -0.3 is 4.74 Å². The third-order valence-electron chi connectivity index (χ3n) is 3.93. The third-order valence-corrected chi connectivity index (χ3v) is 4.18. The molecular weight excluding hydrogens is 358 g/mol. The lowest BCUT2D eigenvalue weighted by Crippen LogP contribution is -2.08. The van der Waals surface area contributed by atoms with Crippen LogP contribution in [0.2, 0.25) is 5.02 Å². The van der Waals surface area contributed by atoms with Gasteiger partial charge in [-0.15, -0.1) is 0 Å². The van der Waals surface area contributed by atoms with Crippen molar-refractivity contribution in [3.05, 3.63) is 100 Å². The molecule has 0 aliphatic carbocycles. The minimum absolute atomic E-state index is 0.402. The molecule has 3 aromatic carbocycles. The summed E-state index contributed by atoms with van der Waals surface area (Å²) in [6.07, 6.45) is 1.77. The summed E-state index contributed by atoms with van der Waals surface area (Å²) in [7, 11) is 0. The monoisotopic (exact) mass is 373 g/mol. The second-order valence-corrected chi connectivity index (χ2v) is 6.44. The molecule has 0 N–H and O–H groups in total. The van der Waals surface area contributed by atoms with E-state index in [-0.39, 0.29) is 0 Å². The zero-order valence-electron chi connectivity index (χ0n) is 14.6. The number of nitriles is 1. The van der Waals surface area contributed by atoms with E-state index in [0.717, 1.165) is 16.7 Å². The van der Waals surface area contributed by atoms with Crippen molar-refractivity contribution in [3.8, 4) is 11.8 Å². The zero-order valence-corrected chi connectivity index (χ0v) is 15.4. The summed E-state index contributed by atoms with van der Waals surface area (Å²) in [5.74, 6) is 0.0459. The fourth-order valence-electron chi connectivity index (χ4n) is 2.55. The molecule has 0 unspecified atom stereocenters. The fraction of sp³-hybridized carbons (Fsp3) is 0.0435. The Kier molecular flexibility index (Phi) is 5.71. The van der Waals surface area contributed by atoms with Crippen LogP contribution in [-0.4, -0.2) is 5.97 Å². The van der Waals surface area contributed by atoms with Gasteiger partial charge in [0.2, 0.25) is 0 Å². The lowest BCUT2D eigenvalue weighted by Gasteiger charge is -2.06. The molecule has 0 heterocycles. The van der Waals surface area contributed by atoms with Gasteiger partial charge in [0.25, 0.3) is 0 Å². The van der Waals surface area contributed by atoms with Crippen LogP contribution >= 0.6 is 11.6 Å². The van der Waals surface area contributed by atoms with Crippen molar-refractivity contribution >= 4 is 29.2 Å². The highest BCUT2D eigenvalue weighted by molar-refractivity contribution is 6.30. The molecular formula is C23H16ClNO2. The Morgan fingerprint density at radius 3 is 2.33 bits per heavy atom. The smallest absolute Gasteiger partial charge is 0.343 e. The predicted octanol–water partition coefficient (Wildman–Crippen LogP) is 5.93. The number of halogens is 1. The van der Waals surface area contributed by atoms with Gasteiger partial charge in [0, 0.05) is 5.02 Å². The number of aryl methyl sites for hydroxylation is 1. The zero-order chi connectivity index (χ0) is 19.2. The van der Waals surface area contributed by atoms with Crippen LogP contribution in [0, 0.1) is 18.3 Å². The lowest BCUT2D eigenvalue weighted by molar-refractivity contribution is 0.0734. The first-order chi connectivity index (χ1) is 13.0. The van der Waals surface area contributed by atoms with Gasteiger partial charge in [0.1, 0.15) is 5.75 Å². The van der Waals surface area contributed by atoms with Crippen molar-refractivity contribution in [1.82, 2.24) is 0 Å². The van der Waals surface area contributed by atoms with E-state index >= 15 is 0 Å². The molecule has 0 aromatic heterocycles. The molecule has 0 aliphatic rings. The molecule has 3 nitrogen and oxygen atoms in total. The van der Waals surface area contributed by atoms with Crippen molar-refractivity contribution < 1.29 is 9.53 Å². The first-order valence-electron chi connectivity index (χ1n) is 8.32. The van der Waals surface area contributed by atoms with E-state index in [1.165, 1.54) is 0 Å². The van der Waals surface area contributed by atoms with E-state index in [2.05, 4.69) is 6.07 Å². The highest BCUT2D eigenvalue weighted by Crippen LogP contribution is 2.22. The molecule has 3 rings (SSSR count). The Hall–Kier alpha value is -3.35. The minimum Gasteiger partial charge on any atom is -0.423 e. The van der Waals surface area contributed by atoms with Crippen molar-refractivity contribution in [2.45, 2.75) is 6.92 Å². The summed E-state index contributed by atoms with van der Waals surface area (Å²) in [5.41, 5.74) is 3.65. The Bertz CT molecular complexity index is 1030. The van der Waals surface area contributed by atoms with Crippen molar-refractivity contribution in [1.29, 1.82) is 5.26 Å². The number of rotatable bonds is 4. The number of hydrogen-bond acceptors (Lipinski definition) is 3.